The highest BCUT2D eigenvalue weighted by Crippen LogP contribution is 2.13. The van der Waals surface area contributed by atoms with Crippen LogP contribution in [0.1, 0.15) is 35.7 Å². The molecule has 0 bridgehead atoms. The van der Waals surface area contributed by atoms with Crippen molar-refractivity contribution in [2.24, 2.45) is 0 Å². The number of rotatable bonds is 8. The van der Waals surface area contributed by atoms with E-state index in [9.17, 15) is 9.59 Å². The maximum absolute atomic E-state index is 12.1. The van der Waals surface area contributed by atoms with E-state index >= 15 is 0 Å². The Balaban J connectivity index is 1.85. The van der Waals surface area contributed by atoms with E-state index in [1.807, 2.05) is 18.2 Å². The van der Waals surface area contributed by atoms with Crippen LogP contribution in [-0.4, -0.2) is 36.9 Å². The van der Waals surface area contributed by atoms with Crippen molar-refractivity contribution < 1.29 is 18.7 Å². The average molecular weight is 371 g/mol. The smallest absolute Gasteiger partial charge is 0.305 e. The first kappa shape index (κ1) is 20.3. The molecule has 2 amide bonds. The number of amides is 2. The molecule has 0 aliphatic rings. The minimum Gasteiger partial charge on any atom is -0.497 e. The number of hydrogen-bond donors (Lipinski definition) is 2. The number of hydrazine groups is 1. The Morgan fingerprint density at radius 1 is 1.15 bits per heavy atom. The molecule has 0 atom stereocenters. The number of ether oxygens (including phenoxy) is 1. The second-order valence-corrected chi connectivity index (χ2v) is 5.78. The molecule has 7 nitrogen and oxygen atoms in total. The molecule has 0 aliphatic carbocycles. The van der Waals surface area contributed by atoms with Gasteiger partial charge in [-0.15, -0.1) is 0 Å². The minimum absolute atomic E-state index is 0.147. The van der Waals surface area contributed by atoms with Crippen LogP contribution in [0, 0.1) is 0 Å². The maximum atomic E-state index is 12.1. The fourth-order valence-electron chi connectivity index (χ4n) is 2.39. The van der Waals surface area contributed by atoms with E-state index in [0.29, 0.717) is 18.1 Å². The van der Waals surface area contributed by atoms with E-state index in [1.165, 1.54) is 6.08 Å². The summed E-state index contributed by atoms with van der Waals surface area (Å²) in [5.41, 5.74) is 5.46. The van der Waals surface area contributed by atoms with Crippen molar-refractivity contribution in [2.75, 3.05) is 20.2 Å². The Kier molecular flexibility index (Phi) is 7.63. The van der Waals surface area contributed by atoms with Gasteiger partial charge in [-0.1, -0.05) is 26.0 Å². The first-order chi connectivity index (χ1) is 13.0. The maximum Gasteiger partial charge on any atom is 0.305 e. The lowest BCUT2D eigenvalue weighted by molar-refractivity contribution is -0.117. The predicted octanol–water partition coefficient (Wildman–Crippen LogP) is 2.60. The Hall–Kier alpha value is -3.06. The second-order valence-electron chi connectivity index (χ2n) is 5.78. The number of benzene rings is 1. The molecule has 0 aliphatic heterocycles. The number of furan rings is 1. The molecule has 0 unspecified atom stereocenters. The van der Waals surface area contributed by atoms with Crippen molar-refractivity contribution in [3.63, 3.8) is 0 Å². The molecule has 1 aromatic carbocycles. The lowest BCUT2D eigenvalue weighted by atomic mass is 10.2. The van der Waals surface area contributed by atoms with E-state index in [2.05, 4.69) is 29.6 Å². The van der Waals surface area contributed by atoms with Gasteiger partial charge < -0.3 is 9.15 Å². The standard InChI is InChI=1S/C20H25N3O4/c1-4-23(5-2)14-17-10-11-18(27-17)20(25)22-21-19(24)12-9-15-7-6-8-16(13-15)26-3/h6-13H,4-5,14H2,1-3H3,(H,21,24)(H,22,25)/b12-9+. The van der Waals surface area contributed by atoms with Crippen molar-refractivity contribution in [3.8, 4) is 5.75 Å². The van der Waals surface area contributed by atoms with Gasteiger partial charge in [0, 0.05) is 6.08 Å². The highest BCUT2D eigenvalue weighted by Gasteiger charge is 2.12. The third kappa shape index (κ3) is 6.31. The van der Waals surface area contributed by atoms with Gasteiger partial charge in [0.25, 0.3) is 5.91 Å². The fourth-order valence-corrected chi connectivity index (χ4v) is 2.39. The van der Waals surface area contributed by atoms with Crippen LogP contribution in [0.3, 0.4) is 0 Å². The van der Waals surface area contributed by atoms with E-state index in [4.69, 9.17) is 9.15 Å². The van der Waals surface area contributed by atoms with Crippen LogP contribution < -0.4 is 15.6 Å². The number of nitrogens with one attached hydrogen (secondary N) is 2. The number of methoxy groups -OCH3 is 1. The van der Waals surface area contributed by atoms with Gasteiger partial charge in [0.1, 0.15) is 11.5 Å². The summed E-state index contributed by atoms with van der Waals surface area (Å²) in [5, 5.41) is 0. The Bertz CT molecular complexity index is 794. The normalized spacial score (nSPS) is 11.0. The zero-order valence-electron chi connectivity index (χ0n) is 15.8. The summed E-state index contributed by atoms with van der Waals surface area (Å²) in [7, 11) is 1.58. The van der Waals surface area contributed by atoms with E-state index in [0.717, 1.165) is 18.7 Å². The van der Waals surface area contributed by atoms with Crippen LogP contribution in [-0.2, 0) is 11.3 Å². The largest absolute Gasteiger partial charge is 0.497 e. The monoisotopic (exact) mass is 371 g/mol. The molecule has 0 spiro atoms. The van der Waals surface area contributed by atoms with Gasteiger partial charge in [-0.3, -0.25) is 25.3 Å². The van der Waals surface area contributed by atoms with Crippen LogP contribution in [0.15, 0.2) is 46.9 Å². The van der Waals surface area contributed by atoms with Crippen LogP contribution >= 0.6 is 0 Å². The van der Waals surface area contributed by atoms with Crippen molar-refractivity contribution >= 4 is 17.9 Å². The predicted molar refractivity (Wildman–Crippen MR) is 103 cm³/mol. The molecule has 0 saturated carbocycles. The van der Waals surface area contributed by atoms with Crippen LogP contribution in [0.5, 0.6) is 5.75 Å². The van der Waals surface area contributed by atoms with Gasteiger partial charge in [-0.2, -0.15) is 0 Å². The summed E-state index contributed by atoms with van der Waals surface area (Å²) >= 11 is 0. The van der Waals surface area contributed by atoms with Crippen LogP contribution in [0.25, 0.3) is 6.08 Å². The number of carbonyl (C=O) groups excluding carboxylic acids is 2. The zero-order valence-corrected chi connectivity index (χ0v) is 15.8. The molecular formula is C20H25N3O4. The quantitative estimate of drug-likeness (QED) is 0.550. The summed E-state index contributed by atoms with van der Waals surface area (Å²) in [6.07, 6.45) is 2.95. The molecule has 0 fully saturated rings. The van der Waals surface area contributed by atoms with Crippen molar-refractivity contribution in [1.29, 1.82) is 0 Å². The lowest BCUT2D eigenvalue weighted by Crippen LogP contribution is -2.40. The van der Waals surface area contributed by atoms with E-state index in [1.54, 1.807) is 31.4 Å². The molecule has 0 radical (unpaired) electrons. The summed E-state index contributed by atoms with van der Waals surface area (Å²) in [4.78, 5) is 26.1. The van der Waals surface area contributed by atoms with E-state index in [-0.39, 0.29) is 5.76 Å². The summed E-state index contributed by atoms with van der Waals surface area (Å²) in [6, 6.07) is 10.6. The Morgan fingerprint density at radius 3 is 2.63 bits per heavy atom. The van der Waals surface area contributed by atoms with E-state index < -0.39 is 11.8 Å². The topological polar surface area (TPSA) is 83.8 Å². The number of nitrogens with zero attached hydrogens (tertiary/aromatic N) is 1. The van der Waals surface area contributed by atoms with Crippen LogP contribution in [0.2, 0.25) is 0 Å². The van der Waals surface area contributed by atoms with Gasteiger partial charge in [0.05, 0.1) is 13.7 Å². The zero-order chi connectivity index (χ0) is 19.6. The Labute approximate surface area is 159 Å². The van der Waals surface area contributed by atoms with Gasteiger partial charge in [0.15, 0.2) is 5.76 Å². The van der Waals surface area contributed by atoms with Crippen molar-refractivity contribution in [2.45, 2.75) is 20.4 Å². The molecule has 2 N–H and O–H groups in total. The third-order valence-corrected chi connectivity index (χ3v) is 3.98. The molecule has 0 saturated heterocycles. The van der Waals surface area contributed by atoms with Gasteiger partial charge in [-0.05, 0) is 49.0 Å². The SMILES string of the molecule is CCN(CC)Cc1ccc(C(=O)NNC(=O)/C=C/c2cccc(OC)c2)o1. The molecule has 1 heterocycles. The van der Waals surface area contributed by atoms with Crippen molar-refractivity contribution in [1.82, 2.24) is 15.8 Å². The summed E-state index contributed by atoms with van der Waals surface area (Å²) < 4.78 is 10.7. The average Bonchev–Trinajstić information content (AvgIpc) is 3.17. The number of carbonyl (C=O) groups is 2. The highest BCUT2D eigenvalue weighted by molar-refractivity contribution is 5.96. The first-order valence-corrected chi connectivity index (χ1v) is 8.79. The minimum atomic E-state index is -0.510. The summed E-state index contributed by atoms with van der Waals surface area (Å²) in [6.45, 7) is 6.56. The molecule has 2 rings (SSSR count). The third-order valence-electron chi connectivity index (χ3n) is 3.98. The molecule has 144 valence electrons. The number of hydrogen-bond acceptors (Lipinski definition) is 5. The van der Waals surface area contributed by atoms with Gasteiger partial charge in [0.2, 0.25) is 0 Å². The Morgan fingerprint density at radius 2 is 1.93 bits per heavy atom. The molecule has 2 aromatic rings. The fraction of sp³-hybridized carbons (Fsp3) is 0.300. The first-order valence-electron chi connectivity index (χ1n) is 8.79. The molecular weight excluding hydrogens is 346 g/mol. The molecule has 7 heteroatoms. The van der Waals surface area contributed by atoms with Gasteiger partial charge in [-0.25, -0.2) is 0 Å². The highest BCUT2D eigenvalue weighted by atomic mass is 16.5. The van der Waals surface area contributed by atoms with Gasteiger partial charge >= 0.3 is 5.91 Å². The lowest BCUT2D eigenvalue weighted by Gasteiger charge is -2.15. The molecule has 1 aromatic heterocycles. The summed E-state index contributed by atoms with van der Waals surface area (Å²) in [5.74, 6) is 0.580. The molecule has 27 heavy (non-hydrogen) atoms. The van der Waals surface area contributed by atoms with Crippen molar-refractivity contribution in [3.05, 3.63) is 59.6 Å². The second kappa shape index (κ2) is 10.2. The van der Waals surface area contributed by atoms with Crippen LogP contribution in [0.4, 0.5) is 0 Å².